The number of aryl methyl sites for hydroxylation is 1. The van der Waals surface area contributed by atoms with Crippen molar-refractivity contribution in [1.82, 2.24) is 9.97 Å². The van der Waals surface area contributed by atoms with Crippen LogP contribution >= 0.6 is 11.6 Å². The third kappa shape index (κ3) is 2.46. The first-order chi connectivity index (χ1) is 8.47. The zero-order valence-corrected chi connectivity index (χ0v) is 10.3. The molecule has 0 atom stereocenters. The smallest absolute Gasteiger partial charge is 0.325 e. The van der Waals surface area contributed by atoms with Gasteiger partial charge in [-0.05, 0) is 24.6 Å². The van der Waals surface area contributed by atoms with Gasteiger partial charge in [0.05, 0.1) is 5.02 Å². The predicted molar refractivity (Wildman–Crippen MR) is 68.3 cm³/mol. The molecule has 0 amide bonds. The van der Waals surface area contributed by atoms with Crippen LogP contribution in [0.25, 0.3) is 0 Å². The van der Waals surface area contributed by atoms with Gasteiger partial charge >= 0.3 is 5.69 Å². The highest BCUT2D eigenvalue weighted by Gasteiger charge is 2.08. The van der Waals surface area contributed by atoms with Crippen molar-refractivity contribution in [3.63, 3.8) is 0 Å². The van der Waals surface area contributed by atoms with Gasteiger partial charge in [-0.1, -0.05) is 17.7 Å². The van der Waals surface area contributed by atoms with Crippen LogP contribution in [0.2, 0.25) is 5.02 Å². The monoisotopic (exact) mass is 266 g/mol. The fourth-order valence-electron chi connectivity index (χ4n) is 1.70. The van der Waals surface area contributed by atoms with Crippen LogP contribution in [0.3, 0.4) is 0 Å². The van der Waals surface area contributed by atoms with Crippen LogP contribution in [0.4, 0.5) is 0 Å². The van der Waals surface area contributed by atoms with E-state index in [1.54, 1.807) is 19.1 Å². The highest BCUT2D eigenvalue weighted by molar-refractivity contribution is 6.32. The summed E-state index contributed by atoms with van der Waals surface area (Å²) in [5.41, 5.74) is 0.827. The van der Waals surface area contributed by atoms with E-state index < -0.39 is 11.2 Å². The Kier molecular flexibility index (Phi) is 3.25. The number of nitrogens with one attached hydrogen (secondary N) is 2. The lowest BCUT2D eigenvalue weighted by atomic mass is 10.1. The van der Waals surface area contributed by atoms with E-state index in [-0.39, 0.29) is 10.8 Å². The summed E-state index contributed by atoms with van der Waals surface area (Å²) >= 11 is 5.79. The summed E-state index contributed by atoms with van der Waals surface area (Å²) in [6.07, 6.45) is 0.331. The van der Waals surface area contributed by atoms with Gasteiger partial charge in [-0.15, -0.1) is 0 Å². The number of aromatic nitrogens is 2. The third-order valence-corrected chi connectivity index (χ3v) is 2.95. The number of halogens is 1. The Balaban J connectivity index is 2.43. The van der Waals surface area contributed by atoms with Gasteiger partial charge in [-0.25, -0.2) is 4.79 Å². The molecule has 1 heterocycles. The molecule has 5 nitrogen and oxygen atoms in total. The van der Waals surface area contributed by atoms with Crippen LogP contribution < -0.4 is 11.2 Å². The number of aromatic amines is 2. The molecule has 6 heteroatoms. The van der Waals surface area contributed by atoms with Gasteiger partial charge in [0.1, 0.15) is 5.75 Å². The molecule has 2 rings (SSSR count). The second-order valence-electron chi connectivity index (χ2n) is 3.97. The largest absolute Gasteiger partial charge is 0.506 e. The molecule has 0 spiro atoms. The fourth-order valence-corrected chi connectivity index (χ4v) is 1.91. The molecule has 0 bridgehead atoms. The number of aromatic hydroxyl groups is 1. The first-order valence-corrected chi connectivity index (χ1v) is 5.64. The van der Waals surface area contributed by atoms with Crippen molar-refractivity contribution in [2.75, 3.05) is 0 Å². The molecule has 0 aliphatic heterocycles. The number of hydrogen-bond acceptors (Lipinski definition) is 3. The number of rotatable bonds is 2. The van der Waals surface area contributed by atoms with Crippen molar-refractivity contribution >= 4 is 11.6 Å². The van der Waals surface area contributed by atoms with E-state index in [9.17, 15) is 14.7 Å². The molecule has 18 heavy (non-hydrogen) atoms. The topological polar surface area (TPSA) is 86.0 Å². The maximum absolute atomic E-state index is 11.7. The normalized spacial score (nSPS) is 10.6. The van der Waals surface area contributed by atoms with Crippen molar-refractivity contribution in [1.29, 1.82) is 0 Å². The quantitative estimate of drug-likeness (QED) is 0.766. The molecule has 1 aromatic carbocycles. The maximum Gasteiger partial charge on any atom is 0.325 e. The number of benzene rings is 1. The van der Waals surface area contributed by atoms with E-state index in [0.717, 1.165) is 5.56 Å². The fraction of sp³-hybridized carbons (Fsp3) is 0.167. The van der Waals surface area contributed by atoms with Gasteiger partial charge in [-0.2, -0.15) is 0 Å². The molecule has 0 unspecified atom stereocenters. The lowest BCUT2D eigenvalue weighted by Gasteiger charge is -2.05. The molecule has 0 fully saturated rings. The lowest BCUT2D eigenvalue weighted by molar-refractivity contribution is 0.475. The lowest BCUT2D eigenvalue weighted by Crippen LogP contribution is -2.27. The average Bonchev–Trinajstić information content (AvgIpc) is 2.28. The Morgan fingerprint density at radius 3 is 2.61 bits per heavy atom. The summed E-state index contributed by atoms with van der Waals surface area (Å²) in [5, 5.41) is 9.54. The highest BCUT2D eigenvalue weighted by atomic mass is 35.5. The van der Waals surface area contributed by atoms with E-state index in [0.29, 0.717) is 17.7 Å². The molecule has 1 aromatic heterocycles. The van der Waals surface area contributed by atoms with Gasteiger partial charge < -0.3 is 10.1 Å². The minimum Gasteiger partial charge on any atom is -0.506 e. The van der Waals surface area contributed by atoms with Crippen molar-refractivity contribution in [2.24, 2.45) is 0 Å². The van der Waals surface area contributed by atoms with E-state index in [2.05, 4.69) is 9.97 Å². The summed E-state index contributed by atoms with van der Waals surface area (Å²) in [6.45, 7) is 1.66. The molecule has 0 saturated heterocycles. The van der Waals surface area contributed by atoms with Gasteiger partial charge in [0.15, 0.2) is 0 Å². The average molecular weight is 267 g/mol. The second kappa shape index (κ2) is 4.70. The predicted octanol–water partition coefficient (Wildman–Crippen LogP) is 1.32. The van der Waals surface area contributed by atoms with Crippen molar-refractivity contribution in [2.45, 2.75) is 13.3 Å². The summed E-state index contributed by atoms with van der Waals surface area (Å²) in [6, 6.07) is 4.72. The Bertz CT molecular complexity index is 703. The van der Waals surface area contributed by atoms with E-state index in [1.807, 2.05) is 0 Å². The van der Waals surface area contributed by atoms with Gasteiger partial charge in [0.2, 0.25) is 0 Å². The Hall–Kier alpha value is -2.01. The number of hydrogen-bond donors (Lipinski definition) is 3. The Morgan fingerprint density at radius 2 is 2.00 bits per heavy atom. The molecular weight excluding hydrogens is 256 g/mol. The second-order valence-corrected chi connectivity index (χ2v) is 4.38. The van der Waals surface area contributed by atoms with Gasteiger partial charge in [0.25, 0.3) is 5.56 Å². The molecule has 3 N–H and O–H groups in total. The summed E-state index contributed by atoms with van der Waals surface area (Å²) in [5.74, 6) is -0.00693. The number of phenolic OH excluding ortho intramolecular Hbond substituents is 1. The molecule has 0 aliphatic carbocycles. The van der Waals surface area contributed by atoms with Crippen molar-refractivity contribution in [3.8, 4) is 5.75 Å². The zero-order chi connectivity index (χ0) is 13.3. The van der Waals surface area contributed by atoms with Crippen molar-refractivity contribution in [3.05, 3.63) is 60.9 Å². The van der Waals surface area contributed by atoms with Gasteiger partial charge in [0, 0.05) is 17.7 Å². The Labute approximate surface area is 107 Å². The molecule has 0 radical (unpaired) electrons. The van der Waals surface area contributed by atoms with Crippen LogP contribution in [0.5, 0.6) is 5.75 Å². The van der Waals surface area contributed by atoms with Crippen molar-refractivity contribution < 1.29 is 5.11 Å². The molecule has 0 saturated carbocycles. The highest BCUT2D eigenvalue weighted by Crippen LogP contribution is 2.24. The third-order valence-electron chi connectivity index (χ3n) is 2.65. The number of phenols is 1. The maximum atomic E-state index is 11.7. The number of H-pyrrole nitrogens is 2. The van der Waals surface area contributed by atoms with E-state index in [1.165, 1.54) is 6.07 Å². The first kappa shape index (κ1) is 12.4. The molecule has 94 valence electrons. The molecule has 0 aliphatic rings. The summed E-state index contributed by atoms with van der Waals surface area (Å²) < 4.78 is 0. The van der Waals surface area contributed by atoms with Crippen LogP contribution in [-0.4, -0.2) is 15.1 Å². The minimum atomic E-state index is -0.523. The van der Waals surface area contributed by atoms with Crippen LogP contribution in [-0.2, 0) is 6.42 Å². The molecule has 2 aromatic rings. The Morgan fingerprint density at radius 1 is 1.28 bits per heavy atom. The van der Waals surface area contributed by atoms with E-state index in [4.69, 9.17) is 11.6 Å². The van der Waals surface area contributed by atoms with Crippen LogP contribution in [0.15, 0.2) is 27.8 Å². The zero-order valence-electron chi connectivity index (χ0n) is 9.58. The standard InChI is InChI=1S/C12H11ClN2O3/c1-6-8(11(17)15-12(18)14-6)4-7-2-3-10(16)9(13)5-7/h2-3,5,16H,4H2,1H3,(H2,14,15,17,18). The van der Waals surface area contributed by atoms with Crippen LogP contribution in [0.1, 0.15) is 16.8 Å². The SMILES string of the molecule is Cc1[nH]c(=O)[nH]c(=O)c1Cc1ccc(O)c(Cl)c1. The summed E-state index contributed by atoms with van der Waals surface area (Å²) in [4.78, 5) is 27.4. The summed E-state index contributed by atoms with van der Waals surface area (Å²) in [7, 11) is 0. The van der Waals surface area contributed by atoms with Gasteiger partial charge in [-0.3, -0.25) is 9.78 Å². The minimum absolute atomic E-state index is 0.00693. The van der Waals surface area contributed by atoms with Crippen LogP contribution in [0, 0.1) is 6.92 Å². The first-order valence-electron chi connectivity index (χ1n) is 5.27. The molecular formula is C12H11ClN2O3. The van der Waals surface area contributed by atoms with E-state index >= 15 is 0 Å².